The highest BCUT2D eigenvalue weighted by Gasteiger charge is 2.16. The average Bonchev–Trinajstić information content (AvgIpc) is 2.82. The molecule has 7 heteroatoms. The lowest BCUT2D eigenvalue weighted by atomic mass is 10.2. The van der Waals surface area contributed by atoms with Gasteiger partial charge in [0.15, 0.2) is 5.13 Å². The number of hydrogen-bond donors (Lipinski definition) is 1. The van der Waals surface area contributed by atoms with Crippen molar-refractivity contribution in [3.8, 4) is 0 Å². The summed E-state index contributed by atoms with van der Waals surface area (Å²) in [7, 11) is -0.308. The van der Waals surface area contributed by atoms with Gasteiger partial charge in [0, 0.05) is 31.7 Å². The molecule has 108 valence electrons. The third-order valence-electron chi connectivity index (χ3n) is 2.77. The van der Waals surface area contributed by atoms with Crippen molar-refractivity contribution in [3.63, 3.8) is 0 Å². The van der Waals surface area contributed by atoms with Crippen LogP contribution in [0.2, 0.25) is 0 Å². The van der Waals surface area contributed by atoms with E-state index in [-0.39, 0.29) is 0 Å². The number of sulfonamides is 1. The van der Waals surface area contributed by atoms with E-state index in [1.807, 2.05) is 25.3 Å². The molecule has 0 spiro atoms. The van der Waals surface area contributed by atoms with Gasteiger partial charge in [-0.05, 0) is 24.6 Å². The predicted octanol–water partition coefficient (Wildman–Crippen LogP) is 2.31. The van der Waals surface area contributed by atoms with E-state index in [1.165, 1.54) is 18.4 Å². The first kappa shape index (κ1) is 15.0. The average molecular weight is 311 g/mol. The Labute approximate surface area is 123 Å². The van der Waals surface area contributed by atoms with Gasteiger partial charge in [-0.15, -0.1) is 11.3 Å². The van der Waals surface area contributed by atoms with E-state index in [4.69, 9.17) is 0 Å². The Bertz CT molecular complexity index is 676. The van der Waals surface area contributed by atoms with Crippen molar-refractivity contribution >= 4 is 26.5 Å². The highest BCUT2D eigenvalue weighted by atomic mass is 32.2. The van der Waals surface area contributed by atoms with Crippen LogP contribution in [-0.2, 0) is 16.6 Å². The molecule has 0 amide bonds. The summed E-state index contributed by atoms with van der Waals surface area (Å²) >= 11 is 1.59. The van der Waals surface area contributed by atoms with E-state index in [0.29, 0.717) is 11.4 Å². The summed E-state index contributed by atoms with van der Waals surface area (Å²) in [5, 5.41) is 4.08. The van der Waals surface area contributed by atoms with E-state index >= 15 is 0 Å². The smallest absolute Gasteiger partial charge is 0.242 e. The van der Waals surface area contributed by atoms with Crippen LogP contribution >= 0.6 is 11.3 Å². The summed E-state index contributed by atoms with van der Waals surface area (Å²) in [6, 6.07) is 6.87. The van der Waals surface area contributed by atoms with Crippen molar-refractivity contribution in [1.82, 2.24) is 9.29 Å². The minimum absolute atomic E-state index is 0.302. The van der Waals surface area contributed by atoms with Gasteiger partial charge in [0.05, 0.1) is 4.90 Å². The Kier molecular flexibility index (Phi) is 4.42. The topological polar surface area (TPSA) is 62.3 Å². The van der Waals surface area contributed by atoms with E-state index in [2.05, 4.69) is 10.3 Å². The fraction of sp³-hybridized carbons (Fsp3) is 0.308. The molecule has 0 unspecified atom stereocenters. The Balaban J connectivity index is 2.05. The minimum Gasteiger partial charge on any atom is -0.357 e. The van der Waals surface area contributed by atoms with Crippen LogP contribution in [-0.4, -0.2) is 31.8 Å². The standard InChI is InChI=1S/C13H17N3O2S2/c1-10-8-14-13(19-10)15-9-11-4-6-12(7-5-11)20(17,18)16(2)3/h4-8H,9H2,1-3H3,(H,14,15). The molecule has 1 aromatic heterocycles. The molecule has 0 saturated heterocycles. The quantitative estimate of drug-likeness (QED) is 0.920. The molecule has 0 radical (unpaired) electrons. The summed E-state index contributed by atoms with van der Waals surface area (Å²) < 4.78 is 25.1. The zero-order chi connectivity index (χ0) is 14.8. The molecule has 20 heavy (non-hydrogen) atoms. The lowest BCUT2D eigenvalue weighted by Crippen LogP contribution is -2.22. The molecule has 1 N–H and O–H groups in total. The molecule has 1 aromatic carbocycles. The van der Waals surface area contributed by atoms with Gasteiger partial charge in [-0.2, -0.15) is 0 Å². The second kappa shape index (κ2) is 5.90. The van der Waals surface area contributed by atoms with Gasteiger partial charge in [-0.1, -0.05) is 12.1 Å². The van der Waals surface area contributed by atoms with Gasteiger partial charge in [0.2, 0.25) is 10.0 Å². The first-order valence-corrected chi connectivity index (χ1v) is 8.33. The van der Waals surface area contributed by atoms with Gasteiger partial charge in [0.25, 0.3) is 0 Å². The normalized spacial score (nSPS) is 11.8. The van der Waals surface area contributed by atoms with Gasteiger partial charge < -0.3 is 5.32 Å². The molecule has 1 heterocycles. The third kappa shape index (κ3) is 3.36. The van der Waals surface area contributed by atoms with E-state index in [0.717, 1.165) is 15.6 Å². The first-order chi connectivity index (χ1) is 9.39. The van der Waals surface area contributed by atoms with Gasteiger partial charge in [-0.3, -0.25) is 0 Å². The second-order valence-corrected chi connectivity index (χ2v) is 7.95. The summed E-state index contributed by atoms with van der Waals surface area (Å²) in [6.45, 7) is 2.62. The molecule has 0 saturated carbocycles. The molecule has 0 aliphatic carbocycles. The number of nitrogens with zero attached hydrogens (tertiary/aromatic N) is 2. The summed E-state index contributed by atoms with van der Waals surface area (Å²) in [5.74, 6) is 0. The zero-order valence-corrected chi connectivity index (χ0v) is 13.3. The number of thiazole rings is 1. The van der Waals surface area contributed by atoms with E-state index in [1.54, 1.807) is 23.5 Å². The number of aryl methyl sites for hydroxylation is 1. The van der Waals surface area contributed by atoms with Crippen LogP contribution in [0.4, 0.5) is 5.13 Å². The summed E-state index contributed by atoms with van der Waals surface area (Å²) in [6.07, 6.45) is 1.82. The Morgan fingerprint density at radius 1 is 1.25 bits per heavy atom. The van der Waals surface area contributed by atoms with Crippen LogP contribution in [0.15, 0.2) is 35.4 Å². The molecule has 0 bridgehead atoms. The molecule has 2 rings (SSSR count). The van der Waals surface area contributed by atoms with Gasteiger partial charge in [-0.25, -0.2) is 17.7 Å². The Hall–Kier alpha value is -1.44. The van der Waals surface area contributed by atoms with Crippen molar-refractivity contribution in [2.75, 3.05) is 19.4 Å². The van der Waals surface area contributed by atoms with Crippen LogP contribution in [0.25, 0.3) is 0 Å². The SMILES string of the molecule is Cc1cnc(NCc2ccc(S(=O)(=O)N(C)C)cc2)s1. The lowest BCUT2D eigenvalue weighted by Gasteiger charge is -2.11. The molecule has 0 aliphatic heterocycles. The van der Waals surface area contributed by atoms with Crippen LogP contribution in [0, 0.1) is 6.92 Å². The van der Waals surface area contributed by atoms with Crippen LogP contribution in [0.1, 0.15) is 10.4 Å². The van der Waals surface area contributed by atoms with E-state index in [9.17, 15) is 8.42 Å². The highest BCUT2D eigenvalue weighted by molar-refractivity contribution is 7.89. The molecule has 0 fully saturated rings. The largest absolute Gasteiger partial charge is 0.357 e. The highest BCUT2D eigenvalue weighted by Crippen LogP contribution is 2.18. The van der Waals surface area contributed by atoms with Gasteiger partial charge >= 0.3 is 0 Å². The predicted molar refractivity (Wildman–Crippen MR) is 81.5 cm³/mol. The Morgan fingerprint density at radius 2 is 1.90 bits per heavy atom. The van der Waals surface area contributed by atoms with E-state index < -0.39 is 10.0 Å². The van der Waals surface area contributed by atoms with Crippen molar-refractivity contribution in [2.45, 2.75) is 18.4 Å². The van der Waals surface area contributed by atoms with Crippen molar-refractivity contribution in [1.29, 1.82) is 0 Å². The van der Waals surface area contributed by atoms with Gasteiger partial charge in [0.1, 0.15) is 0 Å². The number of nitrogens with one attached hydrogen (secondary N) is 1. The fourth-order valence-electron chi connectivity index (χ4n) is 1.60. The van der Waals surface area contributed by atoms with Crippen molar-refractivity contribution in [3.05, 3.63) is 40.9 Å². The third-order valence-corrected chi connectivity index (χ3v) is 5.47. The Morgan fingerprint density at radius 3 is 2.40 bits per heavy atom. The zero-order valence-electron chi connectivity index (χ0n) is 11.6. The molecule has 0 aliphatic rings. The van der Waals surface area contributed by atoms with Crippen molar-refractivity contribution in [2.24, 2.45) is 0 Å². The van der Waals surface area contributed by atoms with Crippen LogP contribution in [0.3, 0.4) is 0 Å². The first-order valence-electron chi connectivity index (χ1n) is 6.07. The molecule has 5 nitrogen and oxygen atoms in total. The minimum atomic E-state index is -3.35. The number of hydrogen-bond acceptors (Lipinski definition) is 5. The maximum Gasteiger partial charge on any atom is 0.242 e. The number of anilines is 1. The monoisotopic (exact) mass is 311 g/mol. The maximum absolute atomic E-state index is 11.9. The maximum atomic E-state index is 11.9. The van der Waals surface area contributed by atoms with Crippen LogP contribution < -0.4 is 5.32 Å². The fourth-order valence-corrected chi connectivity index (χ4v) is 3.17. The summed E-state index contributed by atoms with van der Waals surface area (Å²) in [5.41, 5.74) is 1.01. The van der Waals surface area contributed by atoms with Crippen molar-refractivity contribution < 1.29 is 8.42 Å². The second-order valence-electron chi connectivity index (χ2n) is 4.56. The summed E-state index contributed by atoms with van der Waals surface area (Å²) in [4.78, 5) is 5.67. The molecular formula is C13H17N3O2S2. The van der Waals surface area contributed by atoms with Crippen LogP contribution in [0.5, 0.6) is 0 Å². The number of aromatic nitrogens is 1. The molecule has 2 aromatic rings. The molecular weight excluding hydrogens is 294 g/mol. The molecule has 0 atom stereocenters. The lowest BCUT2D eigenvalue weighted by molar-refractivity contribution is 0.520. The number of benzene rings is 1. The number of rotatable bonds is 5.